The van der Waals surface area contributed by atoms with Gasteiger partial charge in [0.2, 0.25) is 0 Å². The van der Waals surface area contributed by atoms with Crippen molar-refractivity contribution in [3.8, 4) is 5.75 Å². The molecule has 76 valence electrons. The molecule has 2 rings (SSSR count). The Morgan fingerprint density at radius 1 is 1.57 bits per heavy atom. The number of ether oxygens (including phenoxy) is 1. The summed E-state index contributed by atoms with van der Waals surface area (Å²) in [5, 5.41) is 0. The molecule has 1 aromatic carbocycles. The maximum absolute atomic E-state index is 11.8. The van der Waals surface area contributed by atoms with Gasteiger partial charge < -0.3 is 10.5 Å². The molecule has 4 heteroatoms. The van der Waals surface area contributed by atoms with E-state index in [-0.39, 0.29) is 6.04 Å². The molecule has 0 spiro atoms. The van der Waals surface area contributed by atoms with Gasteiger partial charge in [-0.25, -0.2) is 0 Å². The number of nitrogens with two attached hydrogens (primary N) is 1. The van der Waals surface area contributed by atoms with Gasteiger partial charge in [-0.1, -0.05) is 12.1 Å². The molecule has 0 aliphatic carbocycles. The summed E-state index contributed by atoms with van der Waals surface area (Å²) in [6.45, 7) is 0. The minimum atomic E-state index is -0.952. The molecule has 3 nitrogen and oxygen atoms in total. The van der Waals surface area contributed by atoms with Crippen molar-refractivity contribution < 1.29 is 8.95 Å². The predicted octanol–water partition coefficient (Wildman–Crippen LogP) is 1.21. The molecule has 14 heavy (non-hydrogen) atoms. The second-order valence-corrected chi connectivity index (χ2v) is 4.83. The highest BCUT2D eigenvalue weighted by atomic mass is 32.2. The lowest BCUT2D eigenvalue weighted by atomic mass is 10.0. The van der Waals surface area contributed by atoms with Crippen LogP contribution in [0.5, 0.6) is 5.75 Å². The van der Waals surface area contributed by atoms with Crippen molar-refractivity contribution in [3.63, 3.8) is 0 Å². The molecule has 1 aliphatic heterocycles. The Labute approximate surface area is 85.7 Å². The summed E-state index contributed by atoms with van der Waals surface area (Å²) in [4.78, 5) is 0.786. The minimum Gasteiger partial charge on any atom is -0.495 e. The Kier molecular flexibility index (Phi) is 2.56. The van der Waals surface area contributed by atoms with Gasteiger partial charge in [0.15, 0.2) is 0 Å². The van der Waals surface area contributed by atoms with Gasteiger partial charge in [0.1, 0.15) is 5.75 Å². The Morgan fingerprint density at radius 2 is 2.36 bits per heavy atom. The normalized spacial score (nSPS) is 25.6. The molecule has 0 bridgehead atoms. The van der Waals surface area contributed by atoms with Gasteiger partial charge in [0, 0.05) is 11.8 Å². The smallest absolute Gasteiger partial charge is 0.135 e. The van der Waals surface area contributed by atoms with Gasteiger partial charge in [-0.05, 0) is 18.1 Å². The topological polar surface area (TPSA) is 52.3 Å². The second kappa shape index (κ2) is 3.71. The molecule has 0 amide bonds. The van der Waals surface area contributed by atoms with Crippen molar-refractivity contribution in [1.29, 1.82) is 0 Å². The quantitative estimate of drug-likeness (QED) is 0.759. The average molecular weight is 211 g/mol. The summed E-state index contributed by atoms with van der Waals surface area (Å²) in [7, 11) is 0.638. The fourth-order valence-electron chi connectivity index (χ4n) is 1.72. The van der Waals surface area contributed by atoms with Crippen molar-refractivity contribution >= 4 is 10.8 Å². The van der Waals surface area contributed by atoms with Crippen LogP contribution in [0.3, 0.4) is 0 Å². The van der Waals surface area contributed by atoms with Crippen LogP contribution < -0.4 is 10.5 Å². The molecule has 0 saturated heterocycles. The zero-order valence-corrected chi connectivity index (χ0v) is 8.84. The van der Waals surface area contributed by atoms with Crippen LogP contribution in [0.2, 0.25) is 0 Å². The van der Waals surface area contributed by atoms with E-state index < -0.39 is 10.8 Å². The Morgan fingerprint density at radius 3 is 3.07 bits per heavy atom. The summed E-state index contributed by atoms with van der Waals surface area (Å²) >= 11 is 0. The van der Waals surface area contributed by atoms with E-state index in [0.29, 0.717) is 11.5 Å². The zero-order chi connectivity index (χ0) is 10.1. The summed E-state index contributed by atoms with van der Waals surface area (Å²) in [6.07, 6.45) is 0.785. The van der Waals surface area contributed by atoms with E-state index in [1.807, 2.05) is 18.2 Å². The van der Waals surface area contributed by atoms with Crippen LogP contribution in [0.4, 0.5) is 0 Å². The van der Waals surface area contributed by atoms with E-state index in [9.17, 15) is 4.21 Å². The van der Waals surface area contributed by atoms with Crippen LogP contribution >= 0.6 is 0 Å². The van der Waals surface area contributed by atoms with Crippen molar-refractivity contribution in [2.45, 2.75) is 17.4 Å². The van der Waals surface area contributed by atoms with Crippen LogP contribution in [-0.4, -0.2) is 17.1 Å². The first-order valence-corrected chi connectivity index (χ1v) is 5.87. The molecular weight excluding hydrogens is 198 g/mol. The van der Waals surface area contributed by atoms with Gasteiger partial charge in [0.05, 0.1) is 22.8 Å². The number of hydrogen-bond donors (Lipinski definition) is 1. The van der Waals surface area contributed by atoms with Crippen LogP contribution in [0.1, 0.15) is 18.0 Å². The highest BCUT2D eigenvalue weighted by Crippen LogP contribution is 2.34. The molecular formula is C10H13NO2S. The number of rotatable bonds is 1. The van der Waals surface area contributed by atoms with Crippen LogP contribution in [0.15, 0.2) is 23.1 Å². The van der Waals surface area contributed by atoms with E-state index in [2.05, 4.69) is 0 Å². The third-order valence-corrected chi connectivity index (χ3v) is 3.97. The predicted molar refractivity (Wildman–Crippen MR) is 55.8 cm³/mol. The molecule has 1 aromatic rings. The minimum absolute atomic E-state index is 0.00204. The van der Waals surface area contributed by atoms with Crippen molar-refractivity contribution in [2.24, 2.45) is 5.73 Å². The fraction of sp³-hybridized carbons (Fsp3) is 0.400. The number of methoxy groups -OCH3 is 1. The first-order chi connectivity index (χ1) is 6.74. The van der Waals surface area contributed by atoms with Crippen molar-refractivity contribution in [2.75, 3.05) is 12.9 Å². The number of hydrogen-bond acceptors (Lipinski definition) is 3. The van der Waals surface area contributed by atoms with Crippen LogP contribution in [0, 0.1) is 0 Å². The van der Waals surface area contributed by atoms with Gasteiger partial charge in [-0.2, -0.15) is 0 Å². The third kappa shape index (κ3) is 1.44. The third-order valence-electron chi connectivity index (χ3n) is 2.47. The standard InChI is InChI=1S/C10H13NO2S/c1-13-9-4-2-3-7-8(11)5-6-14(12)10(7)9/h2-4,8H,5-6,11H2,1H3. The van der Waals surface area contributed by atoms with E-state index in [1.165, 1.54) is 0 Å². The lowest BCUT2D eigenvalue weighted by Gasteiger charge is -2.23. The van der Waals surface area contributed by atoms with E-state index in [4.69, 9.17) is 10.5 Å². The Bertz CT molecular complexity index is 378. The van der Waals surface area contributed by atoms with Crippen molar-refractivity contribution in [1.82, 2.24) is 0 Å². The lowest BCUT2D eigenvalue weighted by molar-refractivity contribution is 0.400. The molecule has 2 atom stereocenters. The molecule has 1 heterocycles. The van der Waals surface area contributed by atoms with E-state index >= 15 is 0 Å². The second-order valence-electron chi connectivity index (χ2n) is 3.32. The van der Waals surface area contributed by atoms with Gasteiger partial charge in [-0.3, -0.25) is 4.21 Å². The summed E-state index contributed by atoms with van der Waals surface area (Å²) in [5.41, 5.74) is 6.91. The lowest BCUT2D eigenvalue weighted by Crippen LogP contribution is -2.22. The maximum atomic E-state index is 11.8. The molecule has 2 unspecified atom stereocenters. The first-order valence-electron chi connectivity index (χ1n) is 4.55. The van der Waals surface area contributed by atoms with Crippen molar-refractivity contribution in [3.05, 3.63) is 23.8 Å². The van der Waals surface area contributed by atoms with Gasteiger partial charge in [-0.15, -0.1) is 0 Å². The fourth-order valence-corrected chi connectivity index (χ4v) is 3.25. The molecule has 0 fully saturated rings. The van der Waals surface area contributed by atoms with Gasteiger partial charge >= 0.3 is 0 Å². The molecule has 0 saturated carbocycles. The van der Waals surface area contributed by atoms with E-state index in [1.54, 1.807) is 7.11 Å². The average Bonchev–Trinajstić information content (AvgIpc) is 2.23. The molecule has 1 aliphatic rings. The Balaban J connectivity index is 2.60. The SMILES string of the molecule is COc1cccc2c1S(=O)CCC2N. The summed E-state index contributed by atoms with van der Waals surface area (Å²) in [5.74, 6) is 1.32. The highest BCUT2D eigenvalue weighted by molar-refractivity contribution is 7.85. The highest BCUT2D eigenvalue weighted by Gasteiger charge is 2.24. The van der Waals surface area contributed by atoms with Gasteiger partial charge in [0.25, 0.3) is 0 Å². The molecule has 2 N–H and O–H groups in total. The monoisotopic (exact) mass is 211 g/mol. The first kappa shape index (κ1) is 9.68. The number of fused-ring (bicyclic) bond motifs is 1. The number of benzene rings is 1. The largest absolute Gasteiger partial charge is 0.495 e. The zero-order valence-electron chi connectivity index (χ0n) is 8.03. The molecule has 0 radical (unpaired) electrons. The summed E-state index contributed by atoms with van der Waals surface area (Å²) < 4.78 is 17.0. The summed E-state index contributed by atoms with van der Waals surface area (Å²) in [6, 6.07) is 5.65. The van der Waals surface area contributed by atoms with E-state index in [0.717, 1.165) is 16.9 Å². The van der Waals surface area contributed by atoms with Crippen LogP contribution in [-0.2, 0) is 10.8 Å². The van der Waals surface area contributed by atoms with Crippen LogP contribution in [0.25, 0.3) is 0 Å². The Hall–Kier alpha value is -0.870. The molecule has 0 aromatic heterocycles. The maximum Gasteiger partial charge on any atom is 0.135 e.